The number of hydrogen-bond donors (Lipinski definition) is 4. The summed E-state index contributed by atoms with van der Waals surface area (Å²) >= 11 is 0. The summed E-state index contributed by atoms with van der Waals surface area (Å²) in [4.78, 5) is 31.8. The van der Waals surface area contributed by atoms with Crippen molar-refractivity contribution in [2.75, 3.05) is 6.54 Å². The van der Waals surface area contributed by atoms with E-state index in [0.717, 1.165) is 44.9 Å². The second-order valence-electron chi connectivity index (χ2n) is 8.48. The highest BCUT2D eigenvalue weighted by molar-refractivity contribution is 5.90. The minimum atomic E-state index is -0.680. The predicted molar refractivity (Wildman–Crippen MR) is 128 cm³/mol. The summed E-state index contributed by atoms with van der Waals surface area (Å²) in [6.45, 7) is 2.68. The van der Waals surface area contributed by atoms with Crippen molar-refractivity contribution in [2.45, 2.75) is 19.4 Å². The molecule has 5 aromatic rings. The lowest BCUT2D eigenvalue weighted by Gasteiger charge is -2.25. The number of H-pyrrole nitrogens is 2. The van der Waals surface area contributed by atoms with Gasteiger partial charge in [0.2, 0.25) is 5.88 Å². The van der Waals surface area contributed by atoms with Gasteiger partial charge < -0.3 is 15.4 Å². The Bertz CT molecular complexity index is 1670. The van der Waals surface area contributed by atoms with Gasteiger partial charge >= 0.3 is 5.69 Å². The fraction of sp³-hybridized carbons (Fsp3) is 0.154. The largest absolute Gasteiger partial charge is 0.494 e. The van der Waals surface area contributed by atoms with Crippen LogP contribution in [0.2, 0.25) is 0 Å². The Morgan fingerprint density at radius 3 is 2.58 bits per heavy atom. The zero-order chi connectivity index (χ0) is 22.7. The molecule has 0 aliphatic carbocycles. The van der Waals surface area contributed by atoms with Crippen LogP contribution in [0.5, 0.6) is 5.88 Å². The monoisotopic (exact) mass is 438 g/mol. The molecule has 1 unspecified atom stereocenters. The first kappa shape index (κ1) is 19.6. The highest BCUT2D eigenvalue weighted by atomic mass is 16.3. The van der Waals surface area contributed by atoms with Gasteiger partial charge in [-0.1, -0.05) is 54.6 Å². The fourth-order valence-electron chi connectivity index (χ4n) is 5.07. The molecule has 2 aromatic heterocycles. The van der Waals surface area contributed by atoms with Crippen molar-refractivity contribution in [3.05, 3.63) is 104 Å². The molecular weight excluding hydrogens is 416 g/mol. The van der Waals surface area contributed by atoms with Gasteiger partial charge in [0.1, 0.15) is 5.56 Å². The second-order valence-corrected chi connectivity index (χ2v) is 8.48. The Kier molecular flexibility index (Phi) is 4.28. The van der Waals surface area contributed by atoms with Crippen LogP contribution in [0.25, 0.3) is 27.4 Å². The first-order valence-corrected chi connectivity index (χ1v) is 10.9. The van der Waals surface area contributed by atoms with E-state index >= 15 is 0 Å². The van der Waals surface area contributed by atoms with E-state index in [1.54, 1.807) is 6.07 Å². The normalized spacial score (nSPS) is 15.7. The Hall–Kier alpha value is -4.10. The highest BCUT2D eigenvalue weighted by Gasteiger charge is 2.31. The van der Waals surface area contributed by atoms with Gasteiger partial charge in [0.05, 0.1) is 11.7 Å². The molecule has 1 aliphatic heterocycles. The Morgan fingerprint density at radius 1 is 0.939 bits per heavy atom. The van der Waals surface area contributed by atoms with E-state index < -0.39 is 17.3 Å². The molecule has 33 heavy (non-hydrogen) atoms. The molecule has 0 spiro atoms. The van der Waals surface area contributed by atoms with E-state index in [0.29, 0.717) is 12.2 Å². The van der Waals surface area contributed by atoms with E-state index in [2.05, 4.69) is 21.4 Å². The zero-order valence-electron chi connectivity index (χ0n) is 18.0. The molecule has 0 saturated heterocycles. The quantitative estimate of drug-likeness (QED) is 0.339. The average Bonchev–Trinajstić information content (AvgIpc) is 3.20. The number of nitrogens with zero attached hydrogens (tertiary/aromatic N) is 1. The lowest BCUT2D eigenvalue weighted by molar-refractivity contribution is 0.410. The van der Waals surface area contributed by atoms with Gasteiger partial charge in [-0.3, -0.25) is 9.78 Å². The van der Waals surface area contributed by atoms with Crippen molar-refractivity contribution in [3.8, 4) is 11.6 Å². The number of rotatable bonds is 2. The molecule has 0 bridgehead atoms. The van der Waals surface area contributed by atoms with E-state index in [-0.39, 0.29) is 11.4 Å². The standard InChI is InChI=1S/C26H22N4O3/c1-14-6-4-10-17-18-12-13-27-23(22(18)28-21(14)17)20-24(31)29-26(33)30(25(20)32)19-11-5-8-15-7-2-3-9-16(15)19/h2-11,23,27-28,32H,12-13H2,1H3,(H,29,31,33). The second kappa shape index (κ2) is 7.21. The van der Waals surface area contributed by atoms with Crippen molar-refractivity contribution < 1.29 is 5.11 Å². The van der Waals surface area contributed by atoms with Crippen LogP contribution >= 0.6 is 0 Å². The summed E-state index contributed by atoms with van der Waals surface area (Å²) in [5.41, 5.74) is 3.45. The number of aromatic nitrogens is 3. The smallest absolute Gasteiger partial charge is 0.335 e. The van der Waals surface area contributed by atoms with Crippen LogP contribution in [0.3, 0.4) is 0 Å². The molecule has 7 nitrogen and oxygen atoms in total. The minimum absolute atomic E-state index is 0.118. The summed E-state index contributed by atoms with van der Waals surface area (Å²) in [7, 11) is 0. The van der Waals surface area contributed by atoms with Gasteiger partial charge in [-0.15, -0.1) is 0 Å². The lowest BCUT2D eigenvalue weighted by atomic mass is 9.95. The van der Waals surface area contributed by atoms with Gasteiger partial charge in [0, 0.05) is 28.5 Å². The van der Waals surface area contributed by atoms with Gasteiger partial charge in [-0.05, 0) is 35.9 Å². The number of nitrogens with one attached hydrogen (secondary N) is 3. The molecule has 1 atom stereocenters. The number of aryl methyl sites for hydroxylation is 1. The van der Waals surface area contributed by atoms with Crippen LogP contribution in [-0.2, 0) is 6.42 Å². The van der Waals surface area contributed by atoms with Crippen molar-refractivity contribution in [3.63, 3.8) is 0 Å². The first-order chi connectivity index (χ1) is 16.0. The zero-order valence-corrected chi connectivity index (χ0v) is 18.0. The summed E-state index contributed by atoms with van der Waals surface area (Å²) in [6, 6.07) is 18.7. The van der Waals surface area contributed by atoms with Crippen molar-refractivity contribution in [2.24, 2.45) is 0 Å². The number of fused-ring (bicyclic) bond motifs is 4. The fourth-order valence-corrected chi connectivity index (χ4v) is 5.07. The number of para-hydroxylation sites is 1. The van der Waals surface area contributed by atoms with E-state index in [9.17, 15) is 14.7 Å². The van der Waals surface area contributed by atoms with Gasteiger partial charge in [-0.25, -0.2) is 9.36 Å². The van der Waals surface area contributed by atoms with Crippen molar-refractivity contribution in [1.82, 2.24) is 19.9 Å². The third-order valence-corrected chi connectivity index (χ3v) is 6.61. The topological polar surface area (TPSA) is 103 Å². The van der Waals surface area contributed by atoms with E-state index in [1.807, 2.05) is 55.5 Å². The molecule has 0 saturated carbocycles. The minimum Gasteiger partial charge on any atom is -0.494 e. The maximum Gasteiger partial charge on any atom is 0.335 e. The van der Waals surface area contributed by atoms with Crippen LogP contribution in [0.15, 0.2) is 70.3 Å². The molecule has 3 heterocycles. The molecule has 0 fully saturated rings. The van der Waals surface area contributed by atoms with Crippen LogP contribution < -0.4 is 16.6 Å². The molecule has 6 rings (SSSR count). The van der Waals surface area contributed by atoms with Crippen LogP contribution in [0.1, 0.15) is 28.4 Å². The van der Waals surface area contributed by atoms with Gasteiger partial charge in [0.15, 0.2) is 0 Å². The van der Waals surface area contributed by atoms with E-state index in [4.69, 9.17) is 0 Å². The van der Waals surface area contributed by atoms with Crippen LogP contribution in [0.4, 0.5) is 0 Å². The summed E-state index contributed by atoms with van der Waals surface area (Å²) < 4.78 is 1.18. The number of aromatic amines is 2. The Labute approximate surface area is 188 Å². The maximum absolute atomic E-state index is 13.0. The SMILES string of the molecule is Cc1cccc2c3c([nH]c12)C(c1c(O)n(-c2cccc4ccccc24)c(=O)[nH]c1=O)NCC3. The number of benzene rings is 3. The molecule has 4 N–H and O–H groups in total. The molecule has 0 radical (unpaired) electrons. The molecular formula is C26H22N4O3. The molecule has 3 aromatic carbocycles. The third kappa shape index (κ3) is 2.86. The summed E-state index contributed by atoms with van der Waals surface area (Å²) in [5, 5.41) is 17.6. The predicted octanol–water partition coefficient (Wildman–Crippen LogP) is 3.41. The van der Waals surface area contributed by atoms with Gasteiger partial charge in [-0.2, -0.15) is 0 Å². The summed E-state index contributed by atoms with van der Waals surface area (Å²) in [6.07, 6.45) is 0.802. The molecule has 164 valence electrons. The van der Waals surface area contributed by atoms with Crippen LogP contribution in [-0.4, -0.2) is 26.2 Å². The first-order valence-electron chi connectivity index (χ1n) is 10.9. The molecule has 1 aliphatic rings. The maximum atomic E-state index is 13.0. The molecule has 7 heteroatoms. The Balaban J connectivity index is 1.62. The number of aromatic hydroxyl groups is 1. The molecule has 0 amide bonds. The summed E-state index contributed by atoms with van der Waals surface area (Å²) in [5.74, 6) is -0.360. The van der Waals surface area contributed by atoms with Crippen molar-refractivity contribution in [1.29, 1.82) is 0 Å². The highest BCUT2D eigenvalue weighted by Crippen LogP contribution is 2.36. The third-order valence-electron chi connectivity index (χ3n) is 6.61. The van der Waals surface area contributed by atoms with E-state index in [1.165, 1.54) is 4.57 Å². The Morgan fingerprint density at radius 2 is 1.70 bits per heavy atom. The number of hydrogen-bond acceptors (Lipinski definition) is 4. The van der Waals surface area contributed by atoms with Gasteiger partial charge in [0.25, 0.3) is 5.56 Å². The lowest BCUT2D eigenvalue weighted by Crippen LogP contribution is -2.38. The van der Waals surface area contributed by atoms with Crippen LogP contribution in [0, 0.1) is 6.92 Å². The average molecular weight is 438 g/mol. The van der Waals surface area contributed by atoms with Crippen molar-refractivity contribution >= 4 is 21.7 Å².